The monoisotopic (exact) mass is 242 g/mol. The molecule has 2 heterocycles. The summed E-state index contributed by atoms with van der Waals surface area (Å²) in [5, 5.41) is 0. The van der Waals surface area contributed by atoms with Crippen LogP contribution < -0.4 is 0 Å². The molecule has 0 spiro atoms. The quantitative estimate of drug-likeness (QED) is 0.745. The van der Waals surface area contributed by atoms with E-state index in [1.807, 2.05) is 24.8 Å². The summed E-state index contributed by atoms with van der Waals surface area (Å²) in [5.41, 5.74) is 1.96. The van der Waals surface area contributed by atoms with Crippen LogP contribution in [-0.4, -0.2) is 15.7 Å². The van der Waals surface area contributed by atoms with Gasteiger partial charge in [-0.05, 0) is 38.5 Å². The predicted octanol–water partition coefficient (Wildman–Crippen LogP) is 3.27. The van der Waals surface area contributed by atoms with Crippen molar-refractivity contribution in [3.8, 4) is 0 Å². The highest BCUT2D eigenvalue weighted by Crippen LogP contribution is 2.44. The minimum atomic E-state index is 0.104. The van der Waals surface area contributed by atoms with Crippen LogP contribution in [0.3, 0.4) is 0 Å². The number of aryl methyl sites for hydroxylation is 1. The molecule has 2 rings (SSSR count). The average molecular weight is 243 g/mol. The van der Waals surface area contributed by atoms with Crippen LogP contribution in [0.25, 0.3) is 0 Å². The molecule has 2 nitrogen and oxygen atoms in total. The smallest absolute Gasteiger partial charge is 0.144 e. The third kappa shape index (κ3) is 2.28. The van der Waals surface area contributed by atoms with Gasteiger partial charge in [-0.2, -0.15) is 0 Å². The van der Waals surface area contributed by atoms with Crippen LogP contribution in [0.15, 0.2) is 6.07 Å². The van der Waals surface area contributed by atoms with Crippen molar-refractivity contribution in [1.82, 2.24) is 9.97 Å². The first-order valence-electron chi connectivity index (χ1n) is 5.19. The molecular weight excluding hydrogens is 228 g/mol. The van der Waals surface area contributed by atoms with Crippen LogP contribution in [0.4, 0.5) is 0 Å². The molecular formula is C11H15ClN2S. The number of rotatable bonds is 2. The van der Waals surface area contributed by atoms with Gasteiger partial charge in [-0.25, -0.2) is 9.97 Å². The molecule has 1 fully saturated rings. The number of aromatic nitrogens is 2. The number of hydrogen-bond acceptors (Lipinski definition) is 3. The number of alkyl halides is 1. The second kappa shape index (κ2) is 4.30. The van der Waals surface area contributed by atoms with Gasteiger partial charge in [0.15, 0.2) is 0 Å². The minimum absolute atomic E-state index is 0.104. The van der Waals surface area contributed by atoms with Crippen LogP contribution >= 0.6 is 23.4 Å². The van der Waals surface area contributed by atoms with Crippen LogP contribution in [0.2, 0.25) is 0 Å². The summed E-state index contributed by atoms with van der Waals surface area (Å²) in [6, 6.07) is 1.96. The van der Waals surface area contributed by atoms with E-state index in [1.165, 1.54) is 18.6 Å². The highest BCUT2D eigenvalue weighted by atomic mass is 35.5. The third-order valence-electron chi connectivity index (χ3n) is 2.74. The molecule has 1 aliphatic rings. The number of nitrogens with zero attached hydrogens (tertiary/aromatic N) is 2. The topological polar surface area (TPSA) is 25.8 Å². The van der Waals surface area contributed by atoms with Crippen molar-refractivity contribution in [2.24, 2.45) is 0 Å². The average Bonchev–Trinajstić information content (AvgIpc) is 2.65. The Bertz CT molecular complexity index is 362. The molecule has 0 N–H and O–H groups in total. The zero-order valence-electron chi connectivity index (χ0n) is 9.09. The number of thioether (sulfide) groups is 1. The molecule has 1 atom stereocenters. The van der Waals surface area contributed by atoms with E-state index >= 15 is 0 Å². The third-order valence-corrected chi connectivity index (χ3v) is 4.53. The van der Waals surface area contributed by atoms with Crippen LogP contribution in [0.1, 0.15) is 37.0 Å². The summed E-state index contributed by atoms with van der Waals surface area (Å²) < 4.78 is 0.104. The van der Waals surface area contributed by atoms with E-state index in [4.69, 9.17) is 11.6 Å². The molecule has 0 radical (unpaired) electrons. The highest BCUT2D eigenvalue weighted by Gasteiger charge is 2.34. The first-order chi connectivity index (χ1) is 7.14. The van der Waals surface area contributed by atoms with E-state index in [2.05, 4.69) is 16.9 Å². The van der Waals surface area contributed by atoms with E-state index in [0.29, 0.717) is 5.88 Å². The van der Waals surface area contributed by atoms with Gasteiger partial charge in [0.2, 0.25) is 0 Å². The largest absolute Gasteiger partial charge is 0.237 e. The standard InChI is InChI=1S/C11H15ClN2S/c1-8-6-9(7-12)14-10(13-8)11(2)4-3-5-15-11/h6H,3-5,7H2,1-2H3. The summed E-state index contributed by atoms with van der Waals surface area (Å²) in [7, 11) is 0. The van der Waals surface area contributed by atoms with Crippen molar-refractivity contribution in [3.63, 3.8) is 0 Å². The van der Waals surface area contributed by atoms with E-state index < -0.39 is 0 Å². The van der Waals surface area contributed by atoms with Crippen molar-refractivity contribution in [2.45, 2.75) is 37.3 Å². The van der Waals surface area contributed by atoms with E-state index in [-0.39, 0.29) is 4.75 Å². The lowest BCUT2D eigenvalue weighted by molar-refractivity contribution is 0.599. The van der Waals surface area contributed by atoms with Gasteiger partial charge in [0.05, 0.1) is 16.3 Å². The fraction of sp³-hybridized carbons (Fsp3) is 0.636. The Hall–Kier alpha value is -0.280. The van der Waals surface area contributed by atoms with E-state index in [9.17, 15) is 0 Å². The van der Waals surface area contributed by atoms with E-state index in [0.717, 1.165) is 17.2 Å². The fourth-order valence-corrected chi connectivity index (χ4v) is 3.28. The van der Waals surface area contributed by atoms with E-state index in [1.54, 1.807) is 0 Å². The minimum Gasteiger partial charge on any atom is -0.237 e. The Labute approximate surface area is 99.8 Å². The maximum atomic E-state index is 5.83. The van der Waals surface area contributed by atoms with Gasteiger partial charge < -0.3 is 0 Å². The summed E-state index contributed by atoms with van der Waals surface area (Å²) in [4.78, 5) is 9.09. The van der Waals surface area contributed by atoms with Crippen LogP contribution in [0.5, 0.6) is 0 Å². The van der Waals surface area contributed by atoms with Crippen LogP contribution in [-0.2, 0) is 10.6 Å². The van der Waals surface area contributed by atoms with Gasteiger partial charge in [-0.15, -0.1) is 23.4 Å². The lowest BCUT2D eigenvalue weighted by atomic mass is 10.0. The molecule has 1 aromatic heterocycles. The Morgan fingerprint density at radius 1 is 1.53 bits per heavy atom. The van der Waals surface area contributed by atoms with Gasteiger partial charge >= 0.3 is 0 Å². The molecule has 1 unspecified atom stereocenters. The maximum Gasteiger partial charge on any atom is 0.144 e. The van der Waals surface area contributed by atoms with Crippen LogP contribution in [0, 0.1) is 6.92 Å². The molecule has 0 aliphatic carbocycles. The fourth-order valence-electron chi connectivity index (χ4n) is 1.89. The Morgan fingerprint density at radius 2 is 2.33 bits per heavy atom. The number of halogens is 1. The van der Waals surface area contributed by atoms with Crippen molar-refractivity contribution in [2.75, 3.05) is 5.75 Å². The molecule has 82 valence electrons. The molecule has 0 amide bonds. The van der Waals surface area contributed by atoms with Gasteiger partial charge in [-0.3, -0.25) is 0 Å². The van der Waals surface area contributed by atoms with Crippen molar-refractivity contribution in [3.05, 3.63) is 23.3 Å². The molecule has 0 bridgehead atoms. The lowest BCUT2D eigenvalue weighted by Gasteiger charge is -2.21. The van der Waals surface area contributed by atoms with Gasteiger partial charge in [0.25, 0.3) is 0 Å². The Balaban J connectivity index is 2.38. The van der Waals surface area contributed by atoms with Gasteiger partial charge in [0, 0.05) is 5.69 Å². The van der Waals surface area contributed by atoms with Gasteiger partial charge in [0.1, 0.15) is 5.82 Å². The molecule has 0 saturated carbocycles. The summed E-state index contributed by atoms with van der Waals surface area (Å²) in [6.45, 7) is 4.24. The zero-order chi connectivity index (χ0) is 10.9. The molecule has 0 aromatic carbocycles. The maximum absolute atomic E-state index is 5.83. The first-order valence-corrected chi connectivity index (χ1v) is 6.71. The first kappa shape index (κ1) is 11.2. The molecule has 4 heteroatoms. The Morgan fingerprint density at radius 3 is 2.93 bits per heavy atom. The second-order valence-corrected chi connectivity index (χ2v) is 6.01. The molecule has 15 heavy (non-hydrogen) atoms. The molecule has 1 saturated heterocycles. The summed E-state index contributed by atoms with van der Waals surface area (Å²) in [6.07, 6.45) is 2.43. The number of hydrogen-bond donors (Lipinski definition) is 0. The van der Waals surface area contributed by atoms with Gasteiger partial charge in [-0.1, -0.05) is 0 Å². The van der Waals surface area contributed by atoms with Crippen molar-refractivity contribution >= 4 is 23.4 Å². The normalized spacial score (nSPS) is 25.8. The predicted molar refractivity (Wildman–Crippen MR) is 65.4 cm³/mol. The highest BCUT2D eigenvalue weighted by molar-refractivity contribution is 8.00. The zero-order valence-corrected chi connectivity index (χ0v) is 10.7. The lowest BCUT2D eigenvalue weighted by Crippen LogP contribution is -2.18. The van der Waals surface area contributed by atoms with Crippen molar-refractivity contribution < 1.29 is 0 Å². The summed E-state index contributed by atoms with van der Waals surface area (Å²) in [5.74, 6) is 2.64. The second-order valence-electron chi connectivity index (χ2n) is 4.14. The SMILES string of the molecule is Cc1cc(CCl)nc(C2(C)CCCS2)n1. The molecule has 1 aromatic rings. The molecule has 1 aliphatic heterocycles. The Kier molecular flexibility index (Phi) is 3.21. The summed E-state index contributed by atoms with van der Waals surface area (Å²) >= 11 is 7.78. The van der Waals surface area contributed by atoms with Crippen molar-refractivity contribution in [1.29, 1.82) is 0 Å².